The van der Waals surface area contributed by atoms with E-state index in [1.807, 2.05) is 32.9 Å². The average Bonchev–Trinajstić information content (AvgIpc) is 2.62. The van der Waals surface area contributed by atoms with E-state index in [4.69, 9.17) is 15.2 Å². The summed E-state index contributed by atoms with van der Waals surface area (Å²) in [6.45, 7) is 6.67. The minimum Gasteiger partial charge on any atom is -0.493 e. The Morgan fingerprint density at radius 3 is 2.32 bits per heavy atom. The Labute approximate surface area is 113 Å². The number of benzene rings is 1. The van der Waals surface area contributed by atoms with Gasteiger partial charge in [-0.25, -0.2) is 4.98 Å². The molecule has 0 unspecified atom stereocenters. The molecular weight excluding hydrogens is 242 g/mol. The SMILES string of the molecule is COc1cc2nc(C)n(CC(C)(C)N)c2cc1OC. The highest BCUT2D eigenvalue weighted by molar-refractivity contribution is 5.80. The number of hydrogen-bond acceptors (Lipinski definition) is 4. The lowest BCUT2D eigenvalue weighted by Crippen LogP contribution is -2.37. The summed E-state index contributed by atoms with van der Waals surface area (Å²) in [5.74, 6) is 2.32. The molecule has 104 valence electrons. The average molecular weight is 263 g/mol. The highest BCUT2D eigenvalue weighted by Crippen LogP contribution is 2.32. The van der Waals surface area contributed by atoms with Gasteiger partial charge in [0, 0.05) is 24.2 Å². The number of rotatable bonds is 4. The summed E-state index contributed by atoms with van der Waals surface area (Å²) >= 11 is 0. The van der Waals surface area contributed by atoms with Crippen molar-refractivity contribution in [1.82, 2.24) is 9.55 Å². The van der Waals surface area contributed by atoms with Crippen LogP contribution >= 0.6 is 0 Å². The van der Waals surface area contributed by atoms with Gasteiger partial charge in [-0.2, -0.15) is 0 Å². The molecule has 2 N–H and O–H groups in total. The van der Waals surface area contributed by atoms with Gasteiger partial charge in [-0.1, -0.05) is 0 Å². The van der Waals surface area contributed by atoms with E-state index in [1.54, 1.807) is 14.2 Å². The first-order chi connectivity index (χ1) is 8.85. The highest BCUT2D eigenvalue weighted by Gasteiger charge is 2.18. The molecule has 5 nitrogen and oxygen atoms in total. The first kappa shape index (κ1) is 13.7. The molecule has 2 aromatic rings. The summed E-state index contributed by atoms with van der Waals surface area (Å²) in [5.41, 5.74) is 7.70. The van der Waals surface area contributed by atoms with Crippen LogP contribution in [0.4, 0.5) is 0 Å². The lowest BCUT2D eigenvalue weighted by atomic mass is 10.1. The van der Waals surface area contributed by atoms with E-state index in [9.17, 15) is 0 Å². The van der Waals surface area contributed by atoms with Crippen molar-refractivity contribution in [1.29, 1.82) is 0 Å². The van der Waals surface area contributed by atoms with Crippen LogP contribution in [0.15, 0.2) is 12.1 Å². The van der Waals surface area contributed by atoms with Crippen molar-refractivity contribution in [3.05, 3.63) is 18.0 Å². The number of aryl methyl sites for hydroxylation is 1. The number of nitrogens with zero attached hydrogens (tertiary/aromatic N) is 2. The van der Waals surface area contributed by atoms with E-state index in [2.05, 4.69) is 9.55 Å². The Kier molecular flexibility index (Phi) is 3.41. The van der Waals surface area contributed by atoms with Gasteiger partial charge >= 0.3 is 0 Å². The molecular formula is C14H21N3O2. The van der Waals surface area contributed by atoms with Gasteiger partial charge in [0.25, 0.3) is 0 Å². The zero-order chi connectivity index (χ0) is 14.2. The zero-order valence-corrected chi connectivity index (χ0v) is 12.2. The molecule has 0 spiro atoms. The summed E-state index contributed by atoms with van der Waals surface area (Å²) in [6.07, 6.45) is 0. The first-order valence-electron chi connectivity index (χ1n) is 6.23. The van der Waals surface area contributed by atoms with Crippen LogP contribution in [-0.2, 0) is 6.54 Å². The second-order valence-corrected chi connectivity index (χ2v) is 5.43. The summed E-state index contributed by atoms with van der Waals surface area (Å²) in [5, 5.41) is 0. The minimum atomic E-state index is -0.300. The maximum Gasteiger partial charge on any atom is 0.163 e. The van der Waals surface area contributed by atoms with Crippen molar-refractivity contribution < 1.29 is 9.47 Å². The van der Waals surface area contributed by atoms with Crippen LogP contribution in [0.25, 0.3) is 11.0 Å². The third kappa shape index (κ3) is 2.66. The summed E-state index contributed by atoms with van der Waals surface area (Å²) in [6, 6.07) is 3.83. The molecule has 0 amide bonds. The van der Waals surface area contributed by atoms with Crippen LogP contribution in [0, 0.1) is 6.92 Å². The molecule has 0 aliphatic heterocycles. The van der Waals surface area contributed by atoms with Crippen LogP contribution < -0.4 is 15.2 Å². The molecule has 0 bridgehead atoms. The predicted octanol–water partition coefficient (Wildman–Crippen LogP) is 2.10. The van der Waals surface area contributed by atoms with E-state index in [1.165, 1.54) is 0 Å². The minimum absolute atomic E-state index is 0.300. The number of ether oxygens (including phenoxy) is 2. The van der Waals surface area contributed by atoms with Gasteiger partial charge in [0.05, 0.1) is 25.3 Å². The maximum absolute atomic E-state index is 6.11. The third-order valence-electron chi connectivity index (χ3n) is 3.01. The molecule has 0 saturated heterocycles. The molecule has 0 fully saturated rings. The number of methoxy groups -OCH3 is 2. The number of imidazole rings is 1. The third-order valence-corrected chi connectivity index (χ3v) is 3.01. The van der Waals surface area contributed by atoms with E-state index < -0.39 is 0 Å². The van der Waals surface area contributed by atoms with Gasteiger partial charge in [-0.15, -0.1) is 0 Å². The molecule has 1 heterocycles. The van der Waals surface area contributed by atoms with Crippen LogP contribution in [-0.4, -0.2) is 29.3 Å². The van der Waals surface area contributed by atoms with Gasteiger partial charge in [0.15, 0.2) is 11.5 Å². The Bertz CT molecular complexity index is 597. The number of hydrogen-bond donors (Lipinski definition) is 1. The summed E-state index contributed by atoms with van der Waals surface area (Å²) in [4.78, 5) is 4.55. The lowest BCUT2D eigenvalue weighted by Gasteiger charge is -2.20. The number of fused-ring (bicyclic) bond motifs is 1. The standard InChI is InChI=1S/C14H21N3O2/c1-9-16-10-6-12(18-4)13(19-5)7-11(10)17(9)8-14(2,3)15/h6-7H,8,15H2,1-5H3. The topological polar surface area (TPSA) is 62.3 Å². The summed E-state index contributed by atoms with van der Waals surface area (Å²) in [7, 11) is 3.25. The molecule has 0 atom stereocenters. The van der Waals surface area contributed by atoms with E-state index in [0.29, 0.717) is 18.0 Å². The summed E-state index contributed by atoms with van der Waals surface area (Å²) < 4.78 is 12.7. The van der Waals surface area contributed by atoms with Gasteiger partial charge in [0.1, 0.15) is 5.82 Å². The Morgan fingerprint density at radius 1 is 1.21 bits per heavy atom. The Hall–Kier alpha value is -1.75. The normalized spacial score (nSPS) is 11.9. The van der Waals surface area contributed by atoms with Gasteiger partial charge in [0.2, 0.25) is 0 Å². The van der Waals surface area contributed by atoms with Crippen molar-refractivity contribution in [2.45, 2.75) is 32.9 Å². The van der Waals surface area contributed by atoms with Crippen molar-refractivity contribution in [3.63, 3.8) is 0 Å². The van der Waals surface area contributed by atoms with Gasteiger partial charge in [-0.3, -0.25) is 0 Å². The van der Waals surface area contributed by atoms with Crippen molar-refractivity contribution in [2.24, 2.45) is 5.73 Å². The molecule has 0 aliphatic carbocycles. The van der Waals surface area contributed by atoms with Crippen LogP contribution in [0.2, 0.25) is 0 Å². The largest absolute Gasteiger partial charge is 0.493 e. The molecule has 0 saturated carbocycles. The quantitative estimate of drug-likeness (QED) is 0.917. The predicted molar refractivity (Wildman–Crippen MR) is 75.8 cm³/mol. The molecule has 1 aromatic heterocycles. The van der Waals surface area contributed by atoms with Crippen LogP contribution in [0.3, 0.4) is 0 Å². The zero-order valence-electron chi connectivity index (χ0n) is 12.2. The second-order valence-electron chi connectivity index (χ2n) is 5.43. The Morgan fingerprint density at radius 2 is 1.79 bits per heavy atom. The van der Waals surface area contributed by atoms with E-state index in [0.717, 1.165) is 16.9 Å². The Balaban J connectivity index is 2.62. The number of aromatic nitrogens is 2. The fraction of sp³-hybridized carbons (Fsp3) is 0.500. The lowest BCUT2D eigenvalue weighted by molar-refractivity contribution is 0.355. The molecule has 0 aliphatic rings. The number of nitrogens with two attached hydrogens (primary N) is 1. The fourth-order valence-corrected chi connectivity index (χ4v) is 2.18. The van der Waals surface area contributed by atoms with Crippen molar-refractivity contribution in [2.75, 3.05) is 14.2 Å². The van der Waals surface area contributed by atoms with Crippen LogP contribution in [0.1, 0.15) is 19.7 Å². The van der Waals surface area contributed by atoms with Crippen molar-refractivity contribution in [3.8, 4) is 11.5 Å². The highest BCUT2D eigenvalue weighted by atomic mass is 16.5. The van der Waals surface area contributed by atoms with Crippen molar-refractivity contribution >= 4 is 11.0 Å². The smallest absolute Gasteiger partial charge is 0.163 e. The van der Waals surface area contributed by atoms with Crippen LogP contribution in [0.5, 0.6) is 11.5 Å². The maximum atomic E-state index is 6.11. The van der Waals surface area contributed by atoms with Gasteiger partial charge in [-0.05, 0) is 20.8 Å². The monoisotopic (exact) mass is 263 g/mol. The van der Waals surface area contributed by atoms with E-state index >= 15 is 0 Å². The first-order valence-corrected chi connectivity index (χ1v) is 6.23. The molecule has 0 radical (unpaired) electrons. The molecule has 5 heteroatoms. The molecule has 2 rings (SSSR count). The van der Waals surface area contributed by atoms with Gasteiger partial charge < -0.3 is 19.8 Å². The van der Waals surface area contributed by atoms with E-state index in [-0.39, 0.29) is 5.54 Å². The molecule has 19 heavy (non-hydrogen) atoms. The fourth-order valence-electron chi connectivity index (χ4n) is 2.18. The molecule has 1 aromatic carbocycles. The second kappa shape index (κ2) is 4.74.